The minimum absolute atomic E-state index is 0.222. The second-order valence-electron chi connectivity index (χ2n) is 7.25. The van der Waals surface area contributed by atoms with Crippen molar-refractivity contribution in [2.75, 3.05) is 19.5 Å². The Morgan fingerprint density at radius 2 is 1.76 bits per heavy atom. The third-order valence-electron chi connectivity index (χ3n) is 5.00. The quantitative estimate of drug-likeness (QED) is 0.412. The number of benzene rings is 2. The maximum Gasteiger partial charge on any atom is 0.335 e. The number of hydrogen-bond acceptors (Lipinski definition) is 6. The largest absolute Gasteiger partial charge is 0.478 e. The monoisotopic (exact) mass is 467 g/mol. The lowest BCUT2D eigenvalue weighted by molar-refractivity contribution is -0.101. The molecule has 3 aromatic rings. The molecule has 0 spiro atoms. The first kappa shape index (κ1) is 24.0. The molecule has 0 radical (unpaired) electrons. The van der Waals surface area contributed by atoms with Gasteiger partial charge < -0.3 is 15.7 Å². The predicted octanol–water partition coefficient (Wildman–Crippen LogP) is 3.93. The lowest BCUT2D eigenvalue weighted by atomic mass is 10.1. The molecule has 1 heterocycles. The maximum atomic E-state index is 13.0. The van der Waals surface area contributed by atoms with Gasteiger partial charge in [-0.2, -0.15) is 0 Å². The van der Waals surface area contributed by atoms with E-state index in [1.165, 1.54) is 29.6 Å². The number of carboxylic acid groups (broad SMARTS) is 1. The molecule has 2 amide bonds. The number of nitrogens with zero attached hydrogens (tertiary/aromatic N) is 1. The van der Waals surface area contributed by atoms with Crippen molar-refractivity contribution in [2.45, 2.75) is 20.0 Å². The fraction of sp³-hybridized carbons (Fsp3) is 0.208. The fourth-order valence-electron chi connectivity index (χ4n) is 3.30. The number of thiophene rings is 1. The third kappa shape index (κ3) is 5.76. The number of rotatable bonds is 9. The van der Waals surface area contributed by atoms with Crippen molar-refractivity contribution in [2.24, 2.45) is 0 Å². The summed E-state index contributed by atoms with van der Waals surface area (Å²) in [5.74, 6) is -1.68. The molecule has 9 heteroatoms. The number of hydroxylamine groups is 2. The van der Waals surface area contributed by atoms with Crippen LogP contribution in [0.3, 0.4) is 0 Å². The Labute approximate surface area is 195 Å². The molecular weight excluding hydrogens is 442 g/mol. The van der Waals surface area contributed by atoms with E-state index in [1.807, 2.05) is 30.3 Å². The van der Waals surface area contributed by atoms with Gasteiger partial charge in [0.1, 0.15) is 5.00 Å². The average Bonchev–Trinajstić information content (AvgIpc) is 3.25. The van der Waals surface area contributed by atoms with E-state index in [9.17, 15) is 14.4 Å². The van der Waals surface area contributed by atoms with Crippen molar-refractivity contribution in [3.63, 3.8) is 0 Å². The van der Waals surface area contributed by atoms with Crippen LogP contribution in [0.1, 0.15) is 47.1 Å². The van der Waals surface area contributed by atoms with E-state index in [2.05, 4.69) is 10.6 Å². The number of anilines is 1. The Balaban J connectivity index is 1.72. The molecule has 3 N–H and O–H groups in total. The van der Waals surface area contributed by atoms with Gasteiger partial charge in [0.15, 0.2) is 0 Å². The van der Waals surface area contributed by atoms with Gasteiger partial charge in [-0.05, 0) is 35.7 Å². The number of aryl methyl sites for hydroxylation is 1. The van der Waals surface area contributed by atoms with E-state index >= 15 is 0 Å². The van der Waals surface area contributed by atoms with Gasteiger partial charge in [-0.1, -0.05) is 42.5 Å². The van der Waals surface area contributed by atoms with Crippen LogP contribution in [0.25, 0.3) is 0 Å². The average molecular weight is 468 g/mol. The molecule has 0 saturated heterocycles. The van der Waals surface area contributed by atoms with Crippen LogP contribution >= 0.6 is 11.3 Å². The van der Waals surface area contributed by atoms with E-state index in [-0.39, 0.29) is 30.5 Å². The first-order valence-corrected chi connectivity index (χ1v) is 11.0. The first-order chi connectivity index (χ1) is 15.8. The van der Waals surface area contributed by atoms with Crippen molar-refractivity contribution in [1.29, 1.82) is 0 Å². The number of carboxylic acids is 1. The van der Waals surface area contributed by atoms with Crippen LogP contribution in [0, 0.1) is 6.92 Å². The van der Waals surface area contributed by atoms with Crippen LogP contribution < -0.4 is 10.6 Å². The lowest BCUT2D eigenvalue weighted by Crippen LogP contribution is -2.29. The van der Waals surface area contributed by atoms with E-state index in [0.717, 1.165) is 11.1 Å². The number of amides is 2. The summed E-state index contributed by atoms with van der Waals surface area (Å²) in [4.78, 5) is 42.6. The van der Waals surface area contributed by atoms with Crippen LogP contribution in [0.15, 0.2) is 54.6 Å². The van der Waals surface area contributed by atoms with Crippen LogP contribution in [-0.4, -0.2) is 42.1 Å². The summed E-state index contributed by atoms with van der Waals surface area (Å²) in [6.45, 7) is 2.21. The third-order valence-corrected chi connectivity index (χ3v) is 6.15. The van der Waals surface area contributed by atoms with Crippen LogP contribution in [0.4, 0.5) is 5.00 Å². The number of aromatic carboxylic acids is 1. The van der Waals surface area contributed by atoms with Gasteiger partial charge in [0.25, 0.3) is 11.8 Å². The molecule has 0 unspecified atom stereocenters. The topological polar surface area (TPSA) is 108 Å². The molecule has 8 nitrogen and oxygen atoms in total. The van der Waals surface area contributed by atoms with Crippen LogP contribution in [-0.2, 0) is 17.9 Å². The Morgan fingerprint density at radius 1 is 1.03 bits per heavy atom. The zero-order valence-corrected chi connectivity index (χ0v) is 19.4. The summed E-state index contributed by atoms with van der Waals surface area (Å²) in [6, 6.07) is 15.9. The van der Waals surface area contributed by atoms with Crippen molar-refractivity contribution in [1.82, 2.24) is 10.4 Å². The minimum atomic E-state index is -0.991. The molecule has 0 bridgehead atoms. The molecule has 33 heavy (non-hydrogen) atoms. The highest BCUT2D eigenvalue weighted by atomic mass is 32.1. The summed E-state index contributed by atoms with van der Waals surface area (Å²) in [5, 5.41) is 16.7. The Kier molecular flexibility index (Phi) is 7.81. The molecule has 0 aliphatic rings. The van der Waals surface area contributed by atoms with Crippen molar-refractivity contribution >= 4 is 34.1 Å². The highest BCUT2D eigenvalue weighted by Crippen LogP contribution is 2.29. The fourth-order valence-corrected chi connectivity index (χ4v) is 4.24. The Morgan fingerprint density at radius 3 is 2.36 bits per heavy atom. The molecule has 172 valence electrons. The van der Waals surface area contributed by atoms with E-state index in [0.29, 0.717) is 21.0 Å². The Bertz CT molecular complexity index is 1160. The van der Waals surface area contributed by atoms with Crippen molar-refractivity contribution in [3.05, 3.63) is 87.3 Å². The van der Waals surface area contributed by atoms with Crippen LogP contribution in [0.2, 0.25) is 0 Å². The van der Waals surface area contributed by atoms with Gasteiger partial charge in [-0.25, -0.2) is 9.86 Å². The minimum Gasteiger partial charge on any atom is -0.478 e. The lowest BCUT2D eigenvalue weighted by Gasteiger charge is -2.18. The van der Waals surface area contributed by atoms with Gasteiger partial charge >= 0.3 is 5.97 Å². The summed E-state index contributed by atoms with van der Waals surface area (Å²) < 4.78 is 0. The van der Waals surface area contributed by atoms with Crippen molar-refractivity contribution < 1.29 is 24.3 Å². The van der Waals surface area contributed by atoms with Gasteiger partial charge in [0.2, 0.25) is 0 Å². The highest BCUT2D eigenvalue weighted by Gasteiger charge is 2.23. The summed E-state index contributed by atoms with van der Waals surface area (Å²) in [6.07, 6.45) is 0. The zero-order valence-electron chi connectivity index (χ0n) is 18.5. The molecule has 0 atom stereocenters. The number of nitrogens with one attached hydrogen (secondary N) is 2. The molecule has 2 aromatic carbocycles. The van der Waals surface area contributed by atoms with E-state index in [1.54, 1.807) is 32.2 Å². The van der Waals surface area contributed by atoms with Gasteiger partial charge in [0, 0.05) is 13.6 Å². The molecule has 0 saturated carbocycles. The maximum absolute atomic E-state index is 13.0. The molecular formula is C24H25N3O5S. The highest BCUT2D eigenvalue weighted by molar-refractivity contribution is 7.18. The normalized spacial score (nSPS) is 10.5. The summed E-state index contributed by atoms with van der Waals surface area (Å²) in [7, 11) is 3.11. The van der Waals surface area contributed by atoms with Crippen molar-refractivity contribution in [3.8, 4) is 0 Å². The number of hydrogen-bond donors (Lipinski definition) is 3. The summed E-state index contributed by atoms with van der Waals surface area (Å²) >= 11 is 1.17. The smallest absolute Gasteiger partial charge is 0.335 e. The SMILES string of the molecule is CNc1sc(C(=O)N(Cc2ccccc2)OC)cc1C(=O)NCc1ccc(C(=O)O)c(C)c1. The molecule has 1 aromatic heterocycles. The predicted molar refractivity (Wildman–Crippen MR) is 126 cm³/mol. The molecule has 0 aliphatic heterocycles. The van der Waals surface area contributed by atoms with E-state index in [4.69, 9.17) is 9.94 Å². The molecule has 3 rings (SSSR count). The second kappa shape index (κ2) is 10.8. The standard InChI is InChI=1S/C24H25N3O5S/c1-15-11-17(9-10-18(15)24(30)31)13-26-21(28)19-12-20(33-22(19)25-2)23(29)27(32-3)14-16-7-5-4-6-8-16/h4-12,25H,13-14H2,1-3H3,(H,26,28)(H,30,31). The number of carbonyl (C=O) groups excluding carboxylic acids is 2. The second-order valence-corrected chi connectivity index (χ2v) is 8.30. The van der Waals surface area contributed by atoms with Crippen LogP contribution in [0.5, 0.6) is 0 Å². The summed E-state index contributed by atoms with van der Waals surface area (Å²) in [5.41, 5.74) is 2.88. The van der Waals surface area contributed by atoms with Gasteiger partial charge in [-0.15, -0.1) is 11.3 Å². The van der Waals surface area contributed by atoms with E-state index < -0.39 is 5.97 Å². The van der Waals surface area contributed by atoms with Gasteiger partial charge in [0.05, 0.1) is 29.7 Å². The first-order valence-electron chi connectivity index (χ1n) is 10.2. The Hall–Kier alpha value is -3.69. The molecule has 0 aliphatic carbocycles. The molecule has 0 fully saturated rings. The number of carbonyl (C=O) groups is 3. The zero-order chi connectivity index (χ0) is 24.0. The van der Waals surface area contributed by atoms with Gasteiger partial charge in [-0.3, -0.25) is 14.4 Å².